The molecule has 0 spiro atoms. The second-order valence-electron chi connectivity index (χ2n) is 8.72. The van der Waals surface area contributed by atoms with Crippen molar-refractivity contribution in [3.05, 3.63) is 83.1 Å². The topological polar surface area (TPSA) is 89.1 Å². The zero-order chi connectivity index (χ0) is 24.5. The van der Waals surface area contributed by atoms with Crippen molar-refractivity contribution in [3.8, 4) is 23.0 Å². The fraction of sp³-hybridized carbons (Fsp3) is 0.250. The van der Waals surface area contributed by atoms with Crippen molar-refractivity contribution in [3.63, 3.8) is 0 Å². The zero-order valence-electron chi connectivity index (χ0n) is 19.9. The number of para-hydroxylation sites is 2. The maximum absolute atomic E-state index is 13.7. The molecule has 7 nitrogen and oxygen atoms in total. The third-order valence-corrected chi connectivity index (χ3v) is 6.73. The van der Waals surface area contributed by atoms with E-state index in [4.69, 9.17) is 14.2 Å². The molecule has 7 heteroatoms. The molecule has 3 aromatic rings. The minimum Gasteiger partial charge on any atom is -0.502 e. The lowest BCUT2D eigenvalue weighted by Crippen LogP contribution is -2.27. The highest BCUT2D eigenvalue weighted by Crippen LogP contribution is 2.47. The summed E-state index contributed by atoms with van der Waals surface area (Å²) in [5.74, 6) is 1.40. The van der Waals surface area contributed by atoms with Gasteiger partial charge in [-0.3, -0.25) is 4.79 Å². The van der Waals surface area contributed by atoms with E-state index in [-0.39, 0.29) is 28.9 Å². The summed E-state index contributed by atoms with van der Waals surface area (Å²) in [6.45, 7) is 0. The van der Waals surface area contributed by atoms with Gasteiger partial charge in [-0.15, -0.1) is 0 Å². The van der Waals surface area contributed by atoms with Crippen LogP contribution in [-0.2, 0) is 4.79 Å². The summed E-state index contributed by atoms with van der Waals surface area (Å²) in [6, 6.07) is 18.8. The first-order chi connectivity index (χ1) is 17.0. The van der Waals surface area contributed by atoms with Crippen LogP contribution in [-0.4, -0.2) is 32.2 Å². The van der Waals surface area contributed by atoms with Gasteiger partial charge in [0.2, 0.25) is 5.75 Å². The molecule has 0 aromatic heterocycles. The van der Waals surface area contributed by atoms with Crippen LogP contribution in [0.25, 0.3) is 0 Å². The number of fused-ring (bicyclic) bond motifs is 1. The van der Waals surface area contributed by atoms with Crippen molar-refractivity contribution in [1.29, 1.82) is 0 Å². The van der Waals surface area contributed by atoms with Crippen molar-refractivity contribution in [1.82, 2.24) is 0 Å². The van der Waals surface area contributed by atoms with Gasteiger partial charge in [0.25, 0.3) is 0 Å². The van der Waals surface area contributed by atoms with Crippen LogP contribution in [0.4, 0.5) is 11.4 Å². The molecule has 2 atom stereocenters. The van der Waals surface area contributed by atoms with Crippen LogP contribution in [0.15, 0.2) is 71.9 Å². The molecule has 180 valence electrons. The molecule has 2 aliphatic rings. The number of hydrogen-bond donors (Lipinski definition) is 3. The highest BCUT2D eigenvalue weighted by Gasteiger charge is 2.36. The summed E-state index contributed by atoms with van der Waals surface area (Å²) in [5.41, 5.74) is 5.22. The molecule has 0 amide bonds. The van der Waals surface area contributed by atoms with Gasteiger partial charge < -0.3 is 30.0 Å². The van der Waals surface area contributed by atoms with Gasteiger partial charge >= 0.3 is 0 Å². The predicted octanol–water partition coefficient (Wildman–Crippen LogP) is 5.40. The lowest BCUT2D eigenvalue weighted by molar-refractivity contribution is -0.116. The number of rotatable bonds is 5. The van der Waals surface area contributed by atoms with E-state index in [2.05, 4.69) is 10.6 Å². The standard InChI is InChI=1S/C28H28N2O5/c1-33-19-10-8-16(9-11-19)17-12-22-26(23(31)13-17)27(30-21-7-5-4-6-20(21)29-22)18-14-24(34-2)28(32)25(15-18)35-3/h4-11,14-15,17,27,29-30,32H,12-13H2,1-3H3/t17-,27+/m1/s1. The number of aromatic hydroxyl groups is 1. The molecule has 1 heterocycles. The molecule has 0 radical (unpaired) electrons. The summed E-state index contributed by atoms with van der Waals surface area (Å²) in [5, 5.41) is 17.5. The van der Waals surface area contributed by atoms with E-state index in [0.29, 0.717) is 18.4 Å². The molecule has 0 unspecified atom stereocenters. The monoisotopic (exact) mass is 472 g/mol. The van der Waals surface area contributed by atoms with Crippen molar-refractivity contribution in [2.75, 3.05) is 32.0 Å². The van der Waals surface area contributed by atoms with Crippen molar-refractivity contribution < 1.29 is 24.1 Å². The summed E-state index contributed by atoms with van der Waals surface area (Å²) >= 11 is 0. The summed E-state index contributed by atoms with van der Waals surface area (Å²) in [6.07, 6.45) is 1.08. The number of anilines is 2. The Bertz CT molecular complexity index is 1270. The first-order valence-corrected chi connectivity index (χ1v) is 11.5. The Morgan fingerprint density at radius 2 is 1.49 bits per heavy atom. The number of Topliss-reactive ketones (excluding diaryl/α,β-unsaturated/α-hetero) is 1. The van der Waals surface area contributed by atoms with Gasteiger partial charge in [0.1, 0.15) is 5.75 Å². The van der Waals surface area contributed by atoms with Crippen molar-refractivity contribution >= 4 is 17.2 Å². The number of phenolic OH excluding ortho intramolecular Hbond substituents is 1. The number of ketones is 1. The van der Waals surface area contributed by atoms with Gasteiger partial charge in [0.15, 0.2) is 17.3 Å². The lowest BCUT2D eigenvalue weighted by Gasteiger charge is -2.30. The highest BCUT2D eigenvalue weighted by atomic mass is 16.5. The van der Waals surface area contributed by atoms with Crippen molar-refractivity contribution in [2.24, 2.45) is 0 Å². The SMILES string of the molecule is COc1ccc([C@H]2CC(=O)C3=C(C2)Nc2ccccc2N[C@H]3c2cc(OC)c(O)c(OC)c2)cc1. The third-order valence-electron chi connectivity index (χ3n) is 6.73. The van der Waals surface area contributed by atoms with Crippen LogP contribution in [0.5, 0.6) is 23.0 Å². The van der Waals surface area contributed by atoms with Gasteiger partial charge in [-0.1, -0.05) is 24.3 Å². The normalized spacial score (nSPS) is 19.0. The number of ether oxygens (including phenoxy) is 3. The van der Waals surface area contributed by atoms with E-state index in [1.807, 2.05) is 48.5 Å². The Morgan fingerprint density at radius 3 is 2.11 bits per heavy atom. The zero-order valence-corrected chi connectivity index (χ0v) is 19.9. The summed E-state index contributed by atoms with van der Waals surface area (Å²) in [4.78, 5) is 13.7. The average Bonchev–Trinajstić information content (AvgIpc) is 3.06. The molecule has 35 heavy (non-hydrogen) atoms. The molecular formula is C28H28N2O5. The van der Waals surface area contributed by atoms with Crippen LogP contribution in [0, 0.1) is 0 Å². The van der Waals surface area contributed by atoms with Gasteiger partial charge in [-0.2, -0.15) is 0 Å². The molecule has 0 fully saturated rings. The first-order valence-electron chi connectivity index (χ1n) is 11.5. The average molecular weight is 473 g/mol. The Kier molecular flexibility index (Phi) is 5.99. The number of benzene rings is 3. The van der Waals surface area contributed by atoms with E-state index in [9.17, 15) is 9.90 Å². The molecule has 0 saturated carbocycles. The maximum Gasteiger partial charge on any atom is 0.200 e. The second-order valence-corrected chi connectivity index (χ2v) is 8.72. The minimum atomic E-state index is -0.450. The smallest absolute Gasteiger partial charge is 0.200 e. The fourth-order valence-corrected chi connectivity index (χ4v) is 4.93. The van der Waals surface area contributed by atoms with E-state index < -0.39 is 6.04 Å². The Morgan fingerprint density at radius 1 is 0.829 bits per heavy atom. The number of hydrogen-bond acceptors (Lipinski definition) is 7. The minimum absolute atomic E-state index is 0.0504. The summed E-state index contributed by atoms with van der Waals surface area (Å²) < 4.78 is 16.1. The molecule has 1 aliphatic carbocycles. The predicted molar refractivity (Wildman–Crippen MR) is 135 cm³/mol. The number of carbonyl (C=O) groups is 1. The van der Waals surface area contributed by atoms with Crippen LogP contribution in [0.3, 0.4) is 0 Å². The second kappa shape index (κ2) is 9.25. The van der Waals surface area contributed by atoms with E-state index in [0.717, 1.165) is 33.9 Å². The molecule has 0 bridgehead atoms. The summed E-state index contributed by atoms with van der Waals surface area (Å²) in [7, 11) is 4.63. The highest BCUT2D eigenvalue weighted by molar-refractivity contribution is 6.01. The third kappa shape index (κ3) is 4.14. The van der Waals surface area contributed by atoms with Gasteiger partial charge in [-0.25, -0.2) is 0 Å². The Hall–Kier alpha value is -4.13. The van der Waals surface area contributed by atoms with E-state index in [1.54, 1.807) is 19.2 Å². The number of phenols is 1. The van der Waals surface area contributed by atoms with Crippen LogP contribution in [0.1, 0.15) is 35.9 Å². The lowest BCUT2D eigenvalue weighted by atomic mass is 9.78. The van der Waals surface area contributed by atoms with Gasteiger partial charge in [0, 0.05) is 17.7 Å². The quantitative estimate of drug-likeness (QED) is 0.458. The van der Waals surface area contributed by atoms with Crippen LogP contribution < -0.4 is 24.8 Å². The van der Waals surface area contributed by atoms with Crippen molar-refractivity contribution in [2.45, 2.75) is 24.8 Å². The molecule has 5 rings (SSSR count). The molecule has 1 aliphatic heterocycles. The van der Waals surface area contributed by atoms with E-state index in [1.165, 1.54) is 14.2 Å². The molecule has 3 N–H and O–H groups in total. The van der Waals surface area contributed by atoms with Gasteiger partial charge in [-0.05, 0) is 59.9 Å². The Balaban J connectivity index is 1.62. The number of allylic oxidation sites excluding steroid dienone is 1. The molecule has 3 aromatic carbocycles. The van der Waals surface area contributed by atoms with Gasteiger partial charge in [0.05, 0.1) is 38.7 Å². The number of nitrogens with one attached hydrogen (secondary N) is 2. The van der Waals surface area contributed by atoms with E-state index >= 15 is 0 Å². The first kappa shape index (κ1) is 22.7. The largest absolute Gasteiger partial charge is 0.502 e. The number of methoxy groups -OCH3 is 3. The van der Waals surface area contributed by atoms with Crippen LogP contribution in [0.2, 0.25) is 0 Å². The molecule has 0 saturated heterocycles. The van der Waals surface area contributed by atoms with Crippen LogP contribution >= 0.6 is 0 Å². The number of carbonyl (C=O) groups excluding carboxylic acids is 1. The maximum atomic E-state index is 13.7. The molecular weight excluding hydrogens is 444 g/mol. The fourth-order valence-electron chi connectivity index (χ4n) is 4.93. The Labute approximate surface area is 204 Å².